The normalized spacial score (nSPS) is 18.2. The summed E-state index contributed by atoms with van der Waals surface area (Å²) in [5.41, 5.74) is 8.00. The molecule has 0 amide bonds. The molecule has 0 spiro atoms. The van der Waals surface area contributed by atoms with E-state index in [4.69, 9.17) is 19.6 Å². The molecule has 4 aromatic rings. The van der Waals surface area contributed by atoms with Crippen molar-refractivity contribution in [1.29, 1.82) is 0 Å². The predicted octanol–water partition coefficient (Wildman–Crippen LogP) is 2.49. The number of morpholine rings is 1. The third-order valence-electron chi connectivity index (χ3n) is 5.15. The molecule has 9 nitrogen and oxygen atoms in total. The molecule has 4 aromatic heterocycles. The van der Waals surface area contributed by atoms with E-state index in [1.165, 1.54) is 0 Å². The standard InChI is InChI=1S/C21H24N6O3/c1-13(22)11-29-20-4-3-19-24-10-16(27(19)25-20)18-9-15-17(30-18)5-6-23-21(15)26-7-8-28-12-14(26)2/h3-6,9-10,13-14H,7-8,11-12,22H2,1-2H3/t13-,14-/m0/s1. The van der Waals surface area contributed by atoms with Crippen molar-refractivity contribution >= 4 is 22.4 Å². The molecule has 1 fully saturated rings. The van der Waals surface area contributed by atoms with Gasteiger partial charge in [-0.25, -0.2) is 14.5 Å². The Hall–Kier alpha value is -3.17. The molecule has 30 heavy (non-hydrogen) atoms. The van der Waals surface area contributed by atoms with Crippen molar-refractivity contribution in [3.63, 3.8) is 0 Å². The lowest BCUT2D eigenvalue weighted by atomic mass is 10.2. The molecule has 1 aliphatic heterocycles. The molecular weight excluding hydrogens is 384 g/mol. The van der Waals surface area contributed by atoms with Crippen LogP contribution in [0.5, 0.6) is 5.88 Å². The Labute approximate surface area is 173 Å². The molecule has 2 atom stereocenters. The zero-order valence-corrected chi connectivity index (χ0v) is 17.0. The first-order valence-electron chi connectivity index (χ1n) is 10.1. The smallest absolute Gasteiger partial charge is 0.231 e. The molecule has 1 saturated heterocycles. The molecule has 0 aliphatic carbocycles. The first kappa shape index (κ1) is 18.8. The number of hydrogen-bond acceptors (Lipinski definition) is 8. The van der Waals surface area contributed by atoms with Crippen LogP contribution in [0.25, 0.3) is 28.1 Å². The fraction of sp³-hybridized carbons (Fsp3) is 0.381. The van der Waals surface area contributed by atoms with Gasteiger partial charge in [0.05, 0.1) is 30.8 Å². The molecular formula is C21H24N6O3. The molecule has 5 rings (SSSR count). The SMILES string of the molecule is C[C@H](N)COc1ccc2ncc(-c3cc4c(N5CCOC[C@@H]5C)nccc4o3)n2n1. The fourth-order valence-corrected chi connectivity index (χ4v) is 3.66. The van der Waals surface area contributed by atoms with E-state index < -0.39 is 0 Å². The highest BCUT2D eigenvalue weighted by Gasteiger charge is 2.24. The van der Waals surface area contributed by atoms with Gasteiger partial charge in [-0.15, -0.1) is 5.10 Å². The van der Waals surface area contributed by atoms with Crippen LogP contribution in [0.15, 0.2) is 41.1 Å². The van der Waals surface area contributed by atoms with Crippen LogP contribution in [0.4, 0.5) is 5.82 Å². The fourth-order valence-electron chi connectivity index (χ4n) is 3.66. The predicted molar refractivity (Wildman–Crippen MR) is 113 cm³/mol. The summed E-state index contributed by atoms with van der Waals surface area (Å²) in [7, 11) is 0. The lowest BCUT2D eigenvalue weighted by molar-refractivity contribution is 0.0987. The van der Waals surface area contributed by atoms with Gasteiger partial charge in [0.15, 0.2) is 11.4 Å². The summed E-state index contributed by atoms with van der Waals surface area (Å²) in [4.78, 5) is 11.3. The van der Waals surface area contributed by atoms with E-state index in [-0.39, 0.29) is 12.1 Å². The van der Waals surface area contributed by atoms with Crippen LogP contribution in [0, 0.1) is 0 Å². The molecule has 9 heteroatoms. The van der Waals surface area contributed by atoms with E-state index in [0.29, 0.717) is 37.1 Å². The molecule has 5 heterocycles. The first-order valence-corrected chi connectivity index (χ1v) is 10.1. The second-order valence-corrected chi connectivity index (χ2v) is 7.65. The maximum atomic E-state index is 6.17. The highest BCUT2D eigenvalue weighted by Crippen LogP contribution is 2.34. The molecule has 0 unspecified atom stereocenters. The van der Waals surface area contributed by atoms with Gasteiger partial charge < -0.3 is 24.5 Å². The van der Waals surface area contributed by atoms with Crippen molar-refractivity contribution < 1.29 is 13.9 Å². The van der Waals surface area contributed by atoms with Crippen molar-refractivity contribution in [2.75, 3.05) is 31.3 Å². The van der Waals surface area contributed by atoms with Crippen molar-refractivity contribution in [3.8, 4) is 17.3 Å². The summed E-state index contributed by atoms with van der Waals surface area (Å²) in [5, 5.41) is 5.51. The Morgan fingerprint density at radius 3 is 3.03 bits per heavy atom. The minimum absolute atomic E-state index is 0.0753. The summed E-state index contributed by atoms with van der Waals surface area (Å²) in [6, 6.07) is 7.69. The van der Waals surface area contributed by atoms with E-state index in [1.54, 1.807) is 23.0 Å². The van der Waals surface area contributed by atoms with Crippen LogP contribution in [-0.2, 0) is 4.74 Å². The lowest BCUT2D eigenvalue weighted by Crippen LogP contribution is -2.44. The van der Waals surface area contributed by atoms with Gasteiger partial charge in [0.2, 0.25) is 5.88 Å². The Kier molecular flexibility index (Phi) is 4.76. The Morgan fingerprint density at radius 2 is 2.20 bits per heavy atom. The summed E-state index contributed by atoms with van der Waals surface area (Å²) in [6.07, 6.45) is 3.53. The zero-order valence-electron chi connectivity index (χ0n) is 17.0. The number of aromatic nitrogens is 4. The maximum Gasteiger partial charge on any atom is 0.231 e. The third kappa shape index (κ3) is 3.35. The Bertz CT molecular complexity index is 1180. The van der Waals surface area contributed by atoms with Crippen LogP contribution >= 0.6 is 0 Å². The van der Waals surface area contributed by atoms with Crippen molar-refractivity contribution in [2.45, 2.75) is 25.9 Å². The molecule has 0 radical (unpaired) electrons. The minimum atomic E-state index is -0.0753. The first-order chi connectivity index (χ1) is 14.6. The van der Waals surface area contributed by atoms with Gasteiger partial charge in [-0.1, -0.05) is 0 Å². The third-order valence-corrected chi connectivity index (χ3v) is 5.15. The van der Waals surface area contributed by atoms with Crippen molar-refractivity contribution in [1.82, 2.24) is 19.6 Å². The maximum absolute atomic E-state index is 6.17. The van der Waals surface area contributed by atoms with E-state index in [1.807, 2.05) is 25.1 Å². The molecule has 2 N–H and O–H groups in total. The molecule has 0 aromatic carbocycles. The van der Waals surface area contributed by atoms with Gasteiger partial charge in [0, 0.05) is 24.8 Å². The molecule has 0 saturated carbocycles. The Morgan fingerprint density at radius 1 is 1.30 bits per heavy atom. The molecule has 156 valence electrons. The number of nitrogens with zero attached hydrogens (tertiary/aromatic N) is 5. The van der Waals surface area contributed by atoms with Gasteiger partial charge in [0.1, 0.15) is 23.7 Å². The summed E-state index contributed by atoms with van der Waals surface area (Å²) in [6.45, 7) is 6.58. The average Bonchev–Trinajstić information content (AvgIpc) is 3.36. The summed E-state index contributed by atoms with van der Waals surface area (Å²) < 4.78 is 19.1. The van der Waals surface area contributed by atoms with Gasteiger partial charge in [-0.3, -0.25) is 0 Å². The highest BCUT2D eigenvalue weighted by atomic mass is 16.5. The zero-order chi connectivity index (χ0) is 20.7. The quantitative estimate of drug-likeness (QED) is 0.537. The van der Waals surface area contributed by atoms with E-state index in [0.717, 1.165) is 29.0 Å². The van der Waals surface area contributed by atoms with Gasteiger partial charge >= 0.3 is 0 Å². The number of rotatable bonds is 5. The van der Waals surface area contributed by atoms with Crippen LogP contribution in [0.2, 0.25) is 0 Å². The van der Waals surface area contributed by atoms with Crippen molar-refractivity contribution in [3.05, 3.63) is 36.7 Å². The second-order valence-electron chi connectivity index (χ2n) is 7.65. The van der Waals surface area contributed by atoms with E-state index in [2.05, 4.69) is 26.9 Å². The van der Waals surface area contributed by atoms with Gasteiger partial charge in [-0.2, -0.15) is 0 Å². The number of pyridine rings is 1. The number of furan rings is 1. The number of hydrogen-bond donors (Lipinski definition) is 1. The molecule has 0 bridgehead atoms. The number of ether oxygens (including phenoxy) is 2. The number of imidazole rings is 1. The summed E-state index contributed by atoms with van der Waals surface area (Å²) in [5.74, 6) is 2.06. The topological polar surface area (TPSA) is 104 Å². The monoisotopic (exact) mass is 408 g/mol. The van der Waals surface area contributed by atoms with Crippen molar-refractivity contribution in [2.24, 2.45) is 5.73 Å². The Balaban J connectivity index is 1.55. The number of fused-ring (bicyclic) bond motifs is 2. The number of nitrogens with two attached hydrogens (primary N) is 1. The van der Waals surface area contributed by atoms with Gasteiger partial charge in [-0.05, 0) is 32.0 Å². The summed E-state index contributed by atoms with van der Waals surface area (Å²) >= 11 is 0. The van der Waals surface area contributed by atoms with Crippen LogP contribution in [0.3, 0.4) is 0 Å². The largest absolute Gasteiger partial charge is 0.475 e. The van der Waals surface area contributed by atoms with Crippen LogP contribution in [-0.4, -0.2) is 58.0 Å². The van der Waals surface area contributed by atoms with E-state index in [9.17, 15) is 0 Å². The lowest BCUT2D eigenvalue weighted by Gasteiger charge is -2.34. The van der Waals surface area contributed by atoms with Crippen LogP contribution < -0.4 is 15.4 Å². The molecule has 1 aliphatic rings. The highest BCUT2D eigenvalue weighted by molar-refractivity contribution is 5.92. The number of anilines is 1. The minimum Gasteiger partial charge on any atom is -0.475 e. The second kappa shape index (κ2) is 7.58. The van der Waals surface area contributed by atoms with E-state index >= 15 is 0 Å². The average molecular weight is 408 g/mol. The van der Waals surface area contributed by atoms with Gasteiger partial charge in [0.25, 0.3) is 0 Å². The van der Waals surface area contributed by atoms with Crippen LogP contribution in [0.1, 0.15) is 13.8 Å².